The highest BCUT2D eigenvalue weighted by molar-refractivity contribution is 7.92. The molecule has 0 radical (unpaired) electrons. The molecule has 0 aliphatic heterocycles. The number of aromatic nitrogens is 2. The van der Waals surface area contributed by atoms with Crippen LogP contribution in [0, 0.1) is 0 Å². The van der Waals surface area contributed by atoms with E-state index in [-0.39, 0.29) is 26.2 Å². The smallest absolute Gasteiger partial charge is 0.261 e. The summed E-state index contributed by atoms with van der Waals surface area (Å²) in [5, 5.41) is 7.08. The van der Waals surface area contributed by atoms with Gasteiger partial charge in [0.1, 0.15) is 0 Å². The first-order valence-electron chi connectivity index (χ1n) is 7.63. The van der Waals surface area contributed by atoms with E-state index in [4.69, 9.17) is 23.2 Å². The third-order valence-corrected chi connectivity index (χ3v) is 5.65. The van der Waals surface area contributed by atoms with E-state index >= 15 is 0 Å². The number of hydrogen-bond acceptors (Lipinski definition) is 4. The molecule has 0 fully saturated rings. The van der Waals surface area contributed by atoms with Crippen LogP contribution in [0.3, 0.4) is 0 Å². The molecule has 1 heterocycles. The maximum absolute atomic E-state index is 12.5. The van der Waals surface area contributed by atoms with Gasteiger partial charge in [0.25, 0.3) is 15.9 Å². The second-order valence-corrected chi connectivity index (χ2v) is 8.09. The van der Waals surface area contributed by atoms with Crippen molar-refractivity contribution in [2.45, 2.75) is 4.90 Å². The molecule has 7 nitrogen and oxygen atoms in total. The molecule has 0 atom stereocenters. The van der Waals surface area contributed by atoms with Gasteiger partial charge in [0, 0.05) is 30.6 Å². The summed E-state index contributed by atoms with van der Waals surface area (Å²) in [6.45, 7) is 0. The average Bonchev–Trinajstić information content (AvgIpc) is 3.02. The number of aryl methyl sites for hydroxylation is 1. The largest absolute Gasteiger partial charge is 0.305 e. The monoisotopic (exact) mass is 424 g/mol. The van der Waals surface area contributed by atoms with E-state index in [1.807, 2.05) is 0 Å². The number of rotatable bonds is 5. The second-order valence-electron chi connectivity index (χ2n) is 5.59. The molecule has 1 amide bonds. The minimum Gasteiger partial charge on any atom is -0.305 e. The van der Waals surface area contributed by atoms with Crippen molar-refractivity contribution in [3.63, 3.8) is 0 Å². The van der Waals surface area contributed by atoms with Crippen molar-refractivity contribution in [3.8, 4) is 0 Å². The molecule has 0 unspecified atom stereocenters. The number of carbonyl (C=O) groups excluding carboxylic acids is 1. The van der Waals surface area contributed by atoms with Crippen molar-refractivity contribution in [2.24, 2.45) is 7.05 Å². The van der Waals surface area contributed by atoms with Gasteiger partial charge in [-0.1, -0.05) is 29.3 Å². The first-order chi connectivity index (χ1) is 12.7. The normalized spacial score (nSPS) is 11.2. The number of nitrogens with one attached hydrogen (secondary N) is 2. The first-order valence-corrected chi connectivity index (χ1v) is 9.87. The van der Waals surface area contributed by atoms with Crippen LogP contribution in [0.5, 0.6) is 0 Å². The molecule has 0 aliphatic carbocycles. The highest BCUT2D eigenvalue weighted by atomic mass is 35.5. The van der Waals surface area contributed by atoms with Crippen molar-refractivity contribution in [2.75, 3.05) is 10.0 Å². The molecule has 0 saturated heterocycles. The molecule has 10 heteroatoms. The Morgan fingerprint density at radius 1 is 1.07 bits per heavy atom. The van der Waals surface area contributed by atoms with E-state index in [9.17, 15) is 13.2 Å². The second kappa shape index (κ2) is 7.59. The van der Waals surface area contributed by atoms with E-state index in [0.29, 0.717) is 5.82 Å². The van der Waals surface area contributed by atoms with Gasteiger partial charge in [-0.2, -0.15) is 5.10 Å². The Labute approximate surface area is 166 Å². The standard InChI is InChI=1S/C17H14Cl2N4O3S/c1-23-8-7-16(21-23)20-17(24)11-3-2-4-12(9-11)22-27(25,26)13-5-6-14(18)15(19)10-13/h2-10,22H,1H3,(H,20,21,24). The lowest BCUT2D eigenvalue weighted by Gasteiger charge is -2.10. The summed E-state index contributed by atoms with van der Waals surface area (Å²) in [6.07, 6.45) is 1.69. The number of nitrogens with zero attached hydrogens (tertiary/aromatic N) is 2. The van der Waals surface area contributed by atoms with E-state index < -0.39 is 15.9 Å². The summed E-state index contributed by atoms with van der Waals surface area (Å²) < 4.78 is 29.0. The summed E-state index contributed by atoms with van der Waals surface area (Å²) >= 11 is 11.7. The van der Waals surface area contributed by atoms with Gasteiger partial charge in [0.05, 0.1) is 14.9 Å². The number of sulfonamides is 1. The molecule has 140 valence electrons. The number of halogens is 2. The lowest BCUT2D eigenvalue weighted by Crippen LogP contribution is -2.15. The molecule has 0 aliphatic rings. The predicted octanol–water partition coefficient (Wildman–Crippen LogP) is 3.78. The van der Waals surface area contributed by atoms with Crippen LogP contribution in [-0.4, -0.2) is 24.1 Å². The van der Waals surface area contributed by atoms with Gasteiger partial charge in [-0.3, -0.25) is 14.2 Å². The van der Waals surface area contributed by atoms with E-state index in [0.717, 1.165) is 0 Å². The summed E-state index contributed by atoms with van der Waals surface area (Å²) in [5.74, 6) is -0.0198. The number of amides is 1. The quantitative estimate of drug-likeness (QED) is 0.651. The maximum atomic E-state index is 12.5. The lowest BCUT2D eigenvalue weighted by molar-refractivity contribution is 0.102. The Morgan fingerprint density at radius 2 is 1.85 bits per heavy atom. The Hall–Kier alpha value is -2.55. The van der Waals surface area contributed by atoms with Crippen LogP contribution in [0.25, 0.3) is 0 Å². The number of carbonyl (C=O) groups is 1. The Kier molecular flexibility index (Phi) is 5.41. The third kappa shape index (κ3) is 4.60. The molecule has 0 bridgehead atoms. The zero-order chi connectivity index (χ0) is 19.6. The molecular formula is C17H14Cl2N4O3S. The number of hydrogen-bond donors (Lipinski definition) is 2. The van der Waals surface area contributed by atoms with Crippen LogP contribution >= 0.6 is 23.2 Å². The van der Waals surface area contributed by atoms with Gasteiger partial charge in [-0.15, -0.1) is 0 Å². The fourth-order valence-electron chi connectivity index (χ4n) is 2.25. The molecule has 27 heavy (non-hydrogen) atoms. The number of benzene rings is 2. The van der Waals surface area contributed by atoms with Crippen LogP contribution in [-0.2, 0) is 17.1 Å². The summed E-state index contributed by atoms with van der Waals surface area (Å²) in [4.78, 5) is 12.3. The van der Waals surface area contributed by atoms with E-state index in [2.05, 4.69) is 15.1 Å². The van der Waals surface area contributed by atoms with Crippen LogP contribution < -0.4 is 10.0 Å². The van der Waals surface area contributed by atoms with E-state index in [1.54, 1.807) is 36.1 Å². The van der Waals surface area contributed by atoms with Crippen LogP contribution in [0.15, 0.2) is 59.6 Å². The highest BCUT2D eigenvalue weighted by Crippen LogP contribution is 2.26. The van der Waals surface area contributed by atoms with Crippen molar-refractivity contribution >= 4 is 50.6 Å². The molecule has 3 aromatic rings. The summed E-state index contributed by atoms with van der Waals surface area (Å²) in [7, 11) is -2.16. The maximum Gasteiger partial charge on any atom is 0.261 e. The lowest BCUT2D eigenvalue weighted by atomic mass is 10.2. The number of anilines is 2. The van der Waals surface area contributed by atoms with Crippen molar-refractivity contribution in [3.05, 3.63) is 70.3 Å². The molecule has 2 aromatic carbocycles. The zero-order valence-corrected chi connectivity index (χ0v) is 16.3. The van der Waals surface area contributed by atoms with Crippen molar-refractivity contribution < 1.29 is 13.2 Å². The van der Waals surface area contributed by atoms with Crippen LogP contribution in [0.2, 0.25) is 10.0 Å². The van der Waals surface area contributed by atoms with Crippen molar-refractivity contribution in [1.82, 2.24) is 9.78 Å². The van der Waals surface area contributed by atoms with Crippen LogP contribution in [0.1, 0.15) is 10.4 Å². The topological polar surface area (TPSA) is 93.1 Å². The zero-order valence-electron chi connectivity index (χ0n) is 14.0. The van der Waals surface area contributed by atoms with Crippen molar-refractivity contribution in [1.29, 1.82) is 0 Å². The third-order valence-electron chi connectivity index (χ3n) is 3.53. The minimum atomic E-state index is -3.89. The van der Waals surface area contributed by atoms with Gasteiger partial charge >= 0.3 is 0 Å². The molecule has 0 spiro atoms. The van der Waals surface area contributed by atoms with Gasteiger partial charge < -0.3 is 5.32 Å². The Balaban J connectivity index is 1.80. The Morgan fingerprint density at radius 3 is 2.52 bits per heavy atom. The van der Waals surface area contributed by atoms with Gasteiger partial charge in [0.2, 0.25) is 0 Å². The first kappa shape index (κ1) is 19.2. The van der Waals surface area contributed by atoms with Gasteiger partial charge in [0.15, 0.2) is 5.82 Å². The van der Waals surface area contributed by atoms with Gasteiger partial charge in [-0.05, 0) is 36.4 Å². The molecule has 2 N–H and O–H groups in total. The minimum absolute atomic E-state index is 0.0414. The fourth-order valence-corrected chi connectivity index (χ4v) is 3.69. The Bertz CT molecular complexity index is 1110. The van der Waals surface area contributed by atoms with Gasteiger partial charge in [-0.25, -0.2) is 8.42 Å². The fraction of sp³-hybridized carbons (Fsp3) is 0.0588. The predicted molar refractivity (Wildman–Crippen MR) is 105 cm³/mol. The highest BCUT2D eigenvalue weighted by Gasteiger charge is 2.17. The SMILES string of the molecule is Cn1ccc(NC(=O)c2cccc(NS(=O)(=O)c3ccc(Cl)c(Cl)c3)c2)n1. The van der Waals surface area contributed by atoms with E-state index in [1.165, 1.54) is 30.3 Å². The molecule has 1 aromatic heterocycles. The molecular weight excluding hydrogens is 411 g/mol. The molecule has 0 saturated carbocycles. The summed E-state index contributed by atoms with van der Waals surface area (Å²) in [5.41, 5.74) is 0.504. The van der Waals surface area contributed by atoms with Crippen LogP contribution in [0.4, 0.5) is 11.5 Å². The molecule has 3 rings (SSSR count). The average molecular weight is 425 g/mol. The summed E-state index contributed by atoms with van der Waals surface area (Å²) in [6, 6.07) is 11.7.